The lowest BCUT2D eigenvalue weighted by Crippen LogP contribution is -2.64. The number of anilines is 1. The predicted octanol–water partition coefficient (Wildman–Crippen LogP) is 7.03. The first-order valence-corrected chi connectivity index (χ1v) is 14.9. The van der Waals surface area contributed by atoms with Crippen LogP contribution in [0.15, 0.2) is 113 Å². The minimum atomic E-state index is -0.590. The van der Waals surface area contributed by atoms with Crippen LogP contribution in [-0.2, 0) is 9.59 Å². The first kappa shape index (κ1) is 26.1. The molecule has 2 amide bonds. The Hall–Kier alpha value is -5.55. The van der Waals surface area contributed by atoms with E-state index in [1.54, 1.807) is 0 Å². The van der Waals surface area contributed by atoms with E-state index in [0.717, 1.165) is 39.2 Å². The lowest BCUT2D eigenvalue weighted by atomic mass is 9.53. The average Bonchev–Trinajstić information content (AvgIpc) is 3.49. The minimum Gasteiger partial charge on any atom is -0.273 e. The van der Waals surface area contributed by atoms with Crippen molar-refractivity contribution in [2.24, 2.45) is 22.1 Å². The molecule has 4 aromatic carbocycles. The van der Waals surface area contributed by atoms with E-state index in [1.807, 2.05) is 54.6 Å². The highest BCUT2D eigenvalue weighted by Gasteiger charge is 2.59. The van der Waals surface area contributed by atoms with Crippen molar-refractivity contribution in [2.45, 2.75) is 11.8 Å². The third-order valence-corrected chi connectivity index (χ3v) is 9.55. The van der Waals surface area contributed by atoms with Gasteiger partial charge in [0.1, 0.15) is 5.69 Å². The molecule has 0 spiro atoms. The Morgan fingerprint density at radius 3 is 1.91 bits per heavy atom. The number of hydrogen-bond donors (Lipinski definition) is 1. The van der Waals surface area contributed by atoms with E-state index in [4.69, 9.17) is 4.98 Å². The van der Waals surface area contributed by atoms with Crippen LogP contribution in [0.4, 0.5) is 21.5 Å². The maximum atomic E-state index is 14.4. The Labute approximate surface area is 254 Å². The molecule has 4 aliphatic rings. The van der Waals surface area contributed by atoms with Gasteiger partial charge in [-0.1, -0.05) is 90.2 Å². The predicted molar refractivity (Wildman–Crippen MR) is 164 cm³/mol. The molecule has 1 aliphatic heterocycles. The molecule has 11 heteroatoms. The van der Waals surface area contributed by atoms with Crippen LogP contribution < -0.4 is 10.4 Å². The molecule has 2 atom stereocenters. The van der Waals surface area contributed by atoms with Gasteiger partial charge in [-0.25, -0.2) is 4.98 Å². The fraction of sp³-hybridized carbons (Fsp3) is 0.121. The number of nitro groups is 1. The van der Waals surface area contributed by atoms with E-state index in [1.165, 1.54) is 29.3 Å². The van der Waals surface area contributed by atoms with Crippen molar-refractivity contribution in [2.75, 3.05) is 5.01 Å². The summed E-state index contributed by atoms with van der Waals surface area (Å²) in [5.74, 6) is -2.05. The lowest BCUT2D eigenvalue weighted by molar-refractivity contribution is -0.384. The topological polar surface area (TPSA) is 130 Å². The van der Waals surface area contributed by atoms with Gasteiger partial charge in [0.25, 0.3) is 11.6 Å². The summed E-state index contributed by atoms with van der Waals surface area (Å²) in [6, 6.07) is 31.3. The van der Waals surface area contributed by atoms with Crippen molar-refractivity contribution in [1.29, 1.82) is 0 Å². The number of amides is 2. The quantitative estimate of drug-likeness (QED) is 0.132. The third kappa shape index (κ3) is 3.97. The maximum Gasteiger partial charge on any atom is 0.269 e. The van der Waals surface area contributed by atoms with Crippen LogP contribution in [0.25, 0.3) is 11.3 Å². The zero-order chi connectivity index (χ0) is 29.9. The first-order chi connectivity index (χ1) is 21.5. The summed E-state index contributed by atoms with van der Waals surface area (Å²) in [5, 5.41) is 21.7. The van der Waals surface area contributed by atoms with Gasteiger partial charge in [-0.15, -0.1) is 10.2 Å². The zero-order valence-corrected chi connectivity index (χ0v) is 23.7. The average molecular weight is 599 g/mol. The number of thiazole rings is 1. The van der Waals surface area contributed by atoms with E-state index in [2.05, 4.69) is 39.9 Å². The second-order valence-corrected chi connectivity index (χ2v) is 11.9. The van der Waals surface area contributed by atoms with Gasteiger partial charge in [-0.3, -0.25) is 25.1 Å². The van der Waals surface area contributed by atoms with Gasteiger partial charge in [0.15, 0.2) is 5.00 Å². The van der Waals surface area contributed by atoms with Gasteiger partial charge >= 0.3 is 0 Å². The minimum absolute atomic E-state index is 0.0479. The second kappa shape index (κ2) is 10.0. The van der Waals surface area contributed by atoms with Crippen molar-refractivity contribution >= 4 is 44.7 Å². The SMILES string of the molecule is O=C1NN(c2nc(-c3ccccc3)c(N=Nc3ccc([N+](=O)[O-])cc3)s2)C(=O)C2C3c4ccccc4C(c4ccccc43)C12. The number of azo groups is 1. The van der Waals surface area contributed by atoms with Crippen molar-refractivity contribution in [3.05, 3.63) is 135 Å². The number of benzene rings is 4. The molecule has 5 aromatic rings. The van der Waals surface area contributed by atoms with Crippen LogP contribution in [-0.4, -0.2) is 21.7 Å². The number of nitro benzene ring substituents is 1. The number of nitrogens with zero attached hydrogens (tertiary/aromatic N) is 5. The smallest absolute Gasteiger partial charge is 0.269 e. The third-order valence-electron chi connectivity index (χ3n) is 8.62. The van der Waals surface area contributed by atoms with Gasteiger partial charge in [0.05, 0.1) is 22.4 Å². The normalized spacial score (nSPS) is 21.5. The summed E-state index contributed by atoms with van der Waals surface area (Å²) in [4.78, 5) is 43.6. The molecule has 1 fully saturated rings. The number of carbonyl (C=O) groups is 2. The number of hydrogen-bond acceptors (Lipinski definition) is 8. The van der Waals surface area contributed by atoms with Crippen LogP contribution in [0.5, 0.6) is 0 Å². The fourth-order valence-corrected chi connectivity index (χ4v) is 7.69. The van der Waals surface area contributed by atoms with Gasteiger partial charge < -0.3 is 0 Å². The van der Waals surface area contributed by atoms with Gasteiger partial charge in [0, 0.05) is 29.5 Å². The van der Waals surface area contributed by atoms with E-state index < -0.39 is 16.8 Å². The van der Waals surface area contributed by atoms with Crippen molar-refractivity contribution in [3.63, 3.8) is 0 Å². The van der Waals surface area contributed by atoms with Gasteiger partial charge in [0.2, 0.25) is 11.0 Å². The highest BCUT2D eigenvalue weighted by atomic mass is 32.1. The number of carbonyl (C=O) groups excluding carboxylic acids is 2. The molecule has 214 valence electrons. The molecule has 0 saturated carbocycles. The van der Waals surface area contributed by atoms with Crippen LogP contribution in [0.1, 0.15) is 34.1 Å². The standard InChI is InChI=1S/C33H22N6O4S/c40-30-27-25-21-10-4-6-12-23(21)26(24-13-7-5-11-22(24)25)28(27)32(41)38(37-30)33-34-29(18-8-2-1-3-9-18)31(44-33)36-35-19-14-16-20(17-15-19)39(42)43/h1-17,25-28H,(H,37,40). The molecule has 2 heterocycles. The molecule has 2 bridgehead atoms. The van der Waals surface area contributed by atoms with Crippen LogP contribution in [0, 0.1) is 22.0 Å². The van der Waals surface area contributed by atoms with E-state index >= 15 is 0 Å². The highest BCUT2D eigenvalue weighted by Crippen LogP contribution is 2.59. The second-order valence-electron chi connectivity index (χ2n) is 10.9. The molecular formula is C33H22N6O4S. The molecule has 2 unspecified atom stereocenters. The van der Waals surface area contributed by atoms with Crippen LogP contribution in [0.3, 0.4) is 0 Å². The summed E-state index contributed by atoms with van der Waals surface area (Å²) >= 11 is 1.14. The molecule has 1 N–H and O–H groups in total. The molecule has 1 aromatic heterocycles. The molecule has 3 aliphatic carbocycles. The van der Waals surface area contributed by atoms with Crippen molar-refractivity contribution < 1.29 is 14.5 Å². The molecule has 10 nitrogen and oxygen atoms in total. The van der Waals surface area contributed by atoms with Gasteiger partial charge in [-0.2, -0.15) is 5.01 Å². The van der Waals surface area contributed by atoms with E-state index in [-0.39, 0.29) is 34.5 Å². The summed E-state index contributed by atoms with van der Waals surface area (Å²) in [6.45, 7) is 0. The maximum absolute atomic E-state index is 14.4. The number of non-ortho nitro benzene ring substituents is 1. The Balaban J connectivity index is 1.20. The fourth-order valence-electron chi connectivity index (χ4n) is 6.81. The molecule has 0 radical (unpaired) electrons. The molecule has 9 rings (SSSR count). The largest absolute Gasteiger partial charge is 0.273 e. The monoisotopic (exact) mass is 598 g/mol. The van der Waals surface area contributed by atoms with Crippen molar-refractivity contribution in [3.8, 4) is 11.3 Å². The number of hydrazine groups is 1. The number of aromatic nitrogens is 1. The summed E-state index contributed by atoms with van der Waals surface area (Å²) in [6.07, 6.45) is 0. The number of nitrogens with one attached hydrogen (secondary N) is 1. The summed E-state index contributed by atoms with van der Waals surface area (Å²) in [5.41, 5.74) is 8.88. The lowest BCUT2D eigenvalue weighted by Gasteiger charge is -2.52. The molecule has 1 saturated heterocycles. The highest BCUT2D eigenvalue weighted by molar-refractivity contribution is 7.20. The Morgan fingerprint density at radius 1 is 0.750 bits per heavy atom. The molecule has 44 heavy (non-hydrogen) atoms. The summed E-state index contributed by atoms with van der Waals surface area (Å²) < 4.78 is 0. The Morgan fingerprint density at radius 2 is 1.32 bits per heavy atom. The summed E-state index contributed by atoms with van der Waals surface area (Å²) in [7, 11) is 0. The van der Waals surface area contributed by atoms with E-state index in [0.29, 0.717) is 16.4 Å². The Kier molecular flexibility index (Phi) is 5.95. The van der Waals surface area contributed by atoms with Crippen LogP contribution >= 0.6 is 11.3 Å². The van der Waals surface area contributed by atoms with Crippen molar-refractivity contribution in [1.82, 2.24) is 10.4 Å². The van der Waals surface area contributed by atoms with Gasteiger partial charge in [-0.05, 0) is 34.4 Å². The van der Waals surface area contributed by atoms with Crippen LogP contribution in [0.2, 0.25) is 0 Å². The van der Waals surface area contributed by atoms with E-state index in [9.17, 15) is 19.7 Å². The molecular weight excluding hydrogens is 576 g/mol. The number of rotatable bonds is 5. The zero-order valence-electron chi connectivity index (χ0n) is 22.9. The first-order valence-electron chi connectivity index (χ1n) is 14.0. The Bertz CT molecular complexity index is 1960.